The maximum Gasteiger partial charge on any atom is 0.258 e. The molecule has 1 aromatic carbocycles. The highest BCUT2D eigenvalue weighted by Crippen LogP contribution is 2.45. The van der Waals surface area contributed by atoms with Crippen LogP contribution in [0.15, 0.2) is 48.1 Å². The van der Waals surface area contributed by atoms with Crippen LogP contribution in [0.3, 0.4) is 0 Å². The third-order valence-electron chi connectivity index (χ3n) is 10.5. The van der Waals surface area contributed by atoms with Crippen molar-refractivity contribution in [3.63, 3.8) is 0 Å². The Hall–Kier alpha value is -3.73. The zero-order valence-electron chi connectivity index (χ0n) is 28.4. The molecule has 1 aliphatic carbocycles. The fourth-order valence-corrected chi connectivity index (χ4v) is 8.03. The largest absolute Gasteiger partial charge is 0.451 e. The summed E-state index contributed by atoms with van der Waals surface area (Å²) in [5.74, 6) is 2.35. The summed E-state index contributed by atoms with van der Waals surface area (Å²) in [4.78, 5) is 33.6. The number of halogens is 1. The number of aliphatic imine (C=N–C) groups is 1. The van der Waals surface area contributed by atoms with Gasteiger partial charge in [0.05, 0.1) is 18.3 Å². The van der Waals surface area contributed by atoms with Crippen molar-refractivity contribution in [2.24, 2.45) is 16.3 Å². The van der Waals surface area contributed by atoms with E-state index < -0.39 is 5.82 Å². The number of ether oxygens (including phenoxy) is 1. The van der Waals surface area contributed by atoms with Crippen LogP contribution in [0.4, 0.5) is 10.2 Å². The molecule has 0 bridgehead atoms. The number of piperidine rings is 1. The molecule has 4 aliphatic rings. The molecule has 3 aliphatic heterocycles. The molecular formula is C36H51FN8O2. The van der Waals surface area contributed by atoms with Gasteiger partial charge in [-0.3, -0.25) is 4.79 Å². The minimum atomic E-state index is -0.478. The standard InChI is InChI=1S/C36H51FN8O2/c1-25(2)45(26(3)4)35(46)30-19-28(37)5-6-31(30)47-32-20-39-24-41-34(32)44-16-9-27(23-44)22-43-17-12-36(13-18-43)10-7-29(8-11-36)42-33-21-38-14-15-40-33/h5-6,14-15,19-20,24-27,29,38H,7-13,16-18,21-23H2,1-4H3,(H,40,42). The number of amidine groups is 1. The fourth-order valence-electron chi connectivity index (χ4n) is 8.03. The van der Waals surface area contributed by atoms with E-state index in [0.717, 1.165) is 38.4 Å². The normalized spacial score (nSPS) is 21.6. The van der Waals surface area contributed by atoms with Gasteiger partial charge in [0.1, 0.15) is 23.7 Å². The molecule has 2 N–H and O–H groups in total. The number of hydrogen-bond acceptors (Lipinski definition) is 9. The third kappa shape index (κ3) is 7.88. The lowest BCUT2D eigenvalue weighted by atomic mass is 9.67. The first-order valence-corrected chi connectivity index (χ1v) is 17.5. The number of likely N-dealkylation sites (tertiary alicyclic amines) is 1. The van der Waals surface area contributed by atoms with Gasteiger partial charge >= 0.3 is 0 Å². The average molecular weight is 647 g/mol. The molecule has 1 saturated carbocycles. The number of aromatic nitrogens is 2. The van der Waals surface area contributed by atoms with Gasteiger partial charge in [-0.1, -0.05) is 0 Å². The molecule has 47 heavy (non-hydrogen) atoms. The van der Waals surface area contributed by atoms with Gasteiger partial charge in [0.25, 0.3) is 5.91 Å². The van der Waals surface area contributed by atoms with E-state index in [1.54, 1.807) is 11.1 Å². The molecule has 0 radical (unpaired) electrons. The highest BCUT2D eigenvalue weighted by Gasteiger charge is 2.39. The zero-order chi connectivity index (χ0) is 33.0. The monoisotopic (exact) mass is 646 g/mol. The fraction of sp³-hybridized carbons (Fsp3) is 0.611. The van der Waals surface area contributed by atoms with Gasteiger partial charge in [0.15, 0.2) is 11.6 Å². The Morgan fingerprint density at radius 2 is 1.85 bits per heavy atom. The van der Waals surface area contributed by atoms with E-state index in [-0.39, 0.29) is 23.6 Å². The zero-order valence-corrected chi connectivity index (χ0v) is 28.4. The maximum absolute atomic E-state index is 14.4. The number of nitrogens with zero attached hydrogens (tertiary/aromatic N) is 6. The summed E-state index contributed by atoms with van der Waals surface area (Å²) < 4.78 is 20.7. The second-order valence-corrected chi connectivity index (χ2v) is 14.4. The number of benzene rings is 1. The van der Waals surface area contributed by atoms with Gasteiger partial charge in [0, 0.05) is 50.2 Å². The molecule has 1 unspecified atom stereocenters. The number of amides is 1. The lowest BCUT2D eigenvalue weighted by Crippen LogP contribution is -2.47. The van der Waals surface area contributed by atoms with Crippen molar-refractivity contribution in [1.29, 1.82) is 0 Å². The number of carbonyl (C=O) groups excluding carboxylic acids is 1. The van der Waals surface area contributed by atoms with Crippen molar-refractivity contribution in [2.45, 2.75) is 90.8 Å². The summed E-state index contributed by atoms with van der Waals surface area (Å²) in [6.45, 7) is 13.8. The predicted molar refractivity (Wildman–Crippen MR) is 183 cm³/mol. The smallest absolute Gasteiger partial charge is 0.258 e. The van der Waals surface area contributed by atoms with E-state index in [0.29, 0.717) is 34.7 Å². The molecule has 6 rings (SSSR count). The Kier molecular flexibility index (Phi) is 10.3. The first-order valence-electron chi connectivity index (χ1n) is 17.5. The summed E-state index contributed by atoms with van der Waals surface area (Å²) in [6, 6.07) is 4.56. The van der Waals surface area contributed by atoms with Crippen LogP contribution in [0.5, 0.6) is 11.5 Å². The van der Waals surface area contributed by atoms with Crippen LogP contribution in [0.1, 0.15) is 83.0 Å². The molecule has 3 fully saturated rings. The Morgan fingerprint density at radius 1 is 1.09 bits per heavy atom. The highest BCUT2D eigenvalue weighted by atomic mass is 19.1. The number of carbonyl (C=O) groups is 1. The Labute approximate surface area is 278 Å². The van der Waals surface area contributed by atoms with Crippen molar-refractivity contribution in [2.75, 3.05) is 44.2 Å². The van der Waals surface area contributed by atoms with Crippen molar-refractivity contribution >= 4 is 17.6 Å². The quantitative estimate of drug-likeness (QED) is 0.365. The van der Waals surface area contributed by atoms with Gasteiger partial charge in [-0.15, -0.1) is 0 Å². The summed E-state index contributed by atoms with van der Waals surface area (Å²) in [6.07, 6.45) is 15.6. The molecule has 1 amide bonds. The number of anilines is 1. The van der Waals surface area contributed by atoms with Crippen LogP contribution >= 0.6 is 0 Å². The van der Waals surface area contributed by atoms with Crippen LogP contribution < -0.4 is 20.3 Å². The van der Waals surface area contributed by atoms with Crippen molar-refractivity contribution in [1.82, 2.24) is 30.4 Å². The van der Waals surface area contributed by atoms with Crippen LogP contribution in [-0.4, -0.2) is 88.9 Å². The summed E-state index contributed by atoms with van der Waals surface area (Å²) >= 11 is 0. The molecule has 1 aromatic heterocycles. The molecular weight excluding hydrogens is 595 g/mol. The Bertz CT molecular complexity index is 1440. The summed E-state index contributed by atoms with van der Waals surface area (Å²) in [5.41, 5.74) is 0.695. The summed E-state index contributed by atoms with van der Waals surface area (Å²) in [5, 5.41) is 6.90. The molecule has 11 heteroatoms. The van der Waals surface area contributed by atoms with Gasteiger partial charge in [-0.05, 0) is 115 Å². The topological polar surface area (TPSA) is 98.2 Å². The molecule has 2 saturated heterocycles. The first-order chi connectivity index (χ1) is 22.7. The lowest BCUT2D eigenvalue weighted by Gasteiger charge is -2.46. The van der Waals surface area contributed by atoms with Gasteiger partial charge < -0.3 is 30.1 Å². The SMILES string of the molecule is CC(C)N(C(=O)c1cc(F)ccc1Oc1cncnc1N1CCC(CN2CCC3(CCC(NC4=NC=CNC4)CC3)CC2)C1)C(C)C. The molecule has 1 spiro atoms. The van der Waals surface area contributed by atoms with E-state index >= 15 is 0 Å². The van der Waals surface area contributed by atoms with Crippen molar-refractivity contribution < 1.29 is 13.9 Å². The average Bonchev–Trinajstić information content (AvgIpc) is 3.53. The lowest BCUT2D eigenvalue weighted by molar-refractivity contribution is 0.0547. The van der Waals surface area contributed by atoms with Crippen LogP contribution in [0, 0.1) is 17.2 Å². The Morgan fingerprint density at radius 3 is 2.55 bits per heavy atom. The van der Waals surface area contributed by atoms with Crippen LogP contribution in [0.2, 0.25) is 0 Å². The predicted octanol–water partition coefficient (Wildman–Crippen LogP) is 5.58. The van der Waals surface area contributed by atoms with E-state index in [2.05, 4.69) is 35.4 Å². The van der Waals surface area contributed by atoms with Crippen LogP contribution in [-0.2, 0) is 0 Å². The Balaban J connectivity index is 1.03. The first kappa shape index (κ1) is 33.2. The number of rotatable bonds is 9. The van der Waals surface area contributed by atoms with Crippen molar-refractivity contribution in [3.05, 3.63) is 54.5 Å². The molecule has 2 aromatic rings. The van der Waals surface area contributed by atoms with Crippen LogP contribution in [0.25, 0.3) is 0 Å². The highest BCUT2D eigenvalue weighted by molar-refractivity contribution is 5.97. The molecule has 1 atom stereocenters. The molecule has 4 heterocycles. The summed E-state index contributed by atoms with van der Waals surface area (Å²) in [7, 11) is 0. The molecule has 10 nitrogen and oxygen atoms in total. The minimum absolute atomic E-state index is 0.0451. The van der Waals surface area contributed by atoms with E-state index in [4.69, 9.17) is 4.74 Å². The van der Waals surface area contributed by atoms with Crippen molar-refractivity contribution in [3.8, 4) is 11.5 Å². The molecule has 254 valence electrons. The second-order valence-electron chi connectivity index (χ2n) is 14.4. The van der Waals surface area contributed by atoms with Gasteiger partial charge in [-0.2, -0.15) is 0 Å². The van der Waals surface area contributed by atoms with E-state index in [9.17, 15) is 9.18 Å². The number of nitrogens with one attached hydrogen (secondary N) is 2. The minimum Gasteiger partial charge on any atom is -0.451 e. The van der Waals surface area contributed by atoms with E-state index in [1.165, 1.54) is 76.1 Å². The van der Waals surface area contributed by atoms with Gasteiger partial charge in [-0.25, -0.2) is 19.4 Å². The van der Waals surface area contributed by atoms with E-state index in [1.807, 2.05) is 40.1 Å². The van der Waals surface area contributed by atoms with Gasteiger partial charge in [0.2, 0.25) is 0 Å². The third-order valence-corrected chi connectivity index (χ3v) is 10.5. The number of hydrogen-bond donors (Lipinski definition) is 2. The second kappa shape index (κ2) is 14.6. The maximum atomic E-state index is 14.4.